The highest BCUT2D eigenvalue weighted by molar-refractivity contribution is 6.06. The summed E-state index contributed by atoms with van der Waals surface area (Å²) >= 11 is 0. The summed E-state index contributed by atoms with van der Waals surface area (Å²) in [5.41, 5.74) is 0.0463. The number of rotatable bonds is 1. The summed E-state index contributed by atoms with van der Waals surface area (Å²) in [7, 11) is 0. The number of amides is 1. The van der Waals surface area contributed by atoms with Gasteiger partial charge in [0, 0.05) is 12.2 Å². The number of hydrogen-bond acceptors (Lipinski definition) is 1. The van der Waals surface area contributed by atoms with Crippen molar-refractivity contribution in [1.82, 2.24) is 0 Å². The molecule has 6 heteroatoms. The maximum absolute atomic E-state index is 13.8. The van der Waals surface area contributed by atoms with E-state index < -0.39 is 23.5 Å². The van der Waals surface area contributed by atoms with Crippen LogP contribution in [0.15, 0.2) is 42.5 Å². The minimum atomic E-state index is -4.42. The van der Waals surface area contributed by atoms with Gasteiger partial charge in [-0.25, -0.2) is 4.39 Å². The Morgan fingerprint density at radius 2 is 1.83 bits per heavy atom. The number of halogens is 4. The lowest BCUT2D eigenvalue weighted by atomic mass is 9.98. The van der Waals surface area contributed by atoms with E-state index in [-0.39, 0.29) is 5.56 Å². The van der Waals surface area contributed by atoms with Crippen molar-refractivity contribution in [2.24, 2.45) is 0 Å². The van der Waals surface area contributed by atoms with Crippen LogP contribution in [0, 0.1) is 5.82 Å². The Bertz CT molecular complexity index is 754. The number of fused-ring (bicyclic) bond motifs is 1. The third-order valence-electron chi connectivity index (χ3n) is 3.87. The Kier molecular flexibility index (Phi) is 3.83. The molecule has 0 fully saturated rings. The van der Waals surface area contributed by atoms with E-state index in [2.05, 4.69) is 0 Å². The lowest BCUT2D eigenvalue weighted by molar-refractivity contribution is -0.137. The normalized spacial score (nSPS) is 14.5. The number of benzene rings is 2. The van der Waals surface area contributed by atoms with Crippen LogP contribution < -0.4 is 4.90 Å². The van der Waals surface area contributed by atoms with Crippen LogP contribution >= 0.6 is 0 Å². The van der Waals surface area contributed by atoms with Crippen molar-refractivity contribution in [3.63, 3.8) is 0 Å². The van der Waals surface area contributed by atoms with Crippen LogP contribution in [0.25, 0.3) is 0 Å². The SMILES string of the molecule is O=C(c1ccccc1F)N1CCCc2cc(C(F)(F)F)ccc21. The van der Waals surface area contributed by atoms with Gasteiger partial charge in [-0.2, -0.15) is 13.2 Å². The molecule has 1 aliphatic rings. The molecule has 0 aromatic heterocycles. The summed E-state index contributed by atoms with van der Waals surface area (Å²) in [6.45, 7) is 0.353. The van der Waals surface area contributed by atoms with Gasteiger partial charge in [0.05, 0.1) is 11.1 Å². The molecule has 3 rings (SSSR count). The Hall–Kier alpha value is -2.37. The van der Waals surface area contributed by atoms with Gasteiger partial charge in [0.15, 0.2) is 0 Å². The minimum absolute atomic E-state index is 0.0831. The summed E-state index contributed by atoms with van der Waals surface area (Å²) in [4.78, 5) is 13.9. The smallest absolute Gasteiger partial charge is 0.308 e. The fourth-order valence-electron chi connectivity index (χ4n) is 2.76. The molecule has 2 aromatic carbocycles. The highest BCUT2D eigenvalue weighted by Crippen LogP contribution is 2.35. The van der Waals surface area contributed by atoms with Gasteiger partial charge >= 0.3 is 6.18 Å². The molecule has 1 aliphatic heterocycles. The molecular weight excluding hydrogens is 310 g/mol. The van der Waals surface area contributed by atoms with Gasteiger partial charge in [0.2, 0.25) is 0 Å². The molecule has 2 aromatic rings. The van der Waals surface area contributed by atoms with E-state index in [1.807, 2.05) is 0 Å². The summed E-state index contributed by atoms with van der Waals surface area (Å²) in [5, 5.41) is 0. The van der Waals surface area contributed by atoms with Crippen LogP contribution in [-0.4, -0.2) is 12.5 Å². The molecule has 0 unspecified atom stereocenters. The lowest BCUT2D eigenvalue weighted by Gasteiger charge is -2.30. The fraction of sp³-hybridized carbons (Fsp3) is 0.235. The van der Waals surface area contributed by atoms with E-state index in [9.17, 15) is 22.4 Å². The Balaban J connectivity index is 1.99. The molecule has 120 valence electrons. The maximum atomic E-state index is 13.8. The van der Waals surface area contributed by atoms with Crippen LogP contribution in [0.5, 0.6) is 0 Å². The zero-order valence-corrected chi connectivity index (χ0v) is 12.0. The second kappa shape index (κ2) is 5.68. The van der Waals surface area contributed by atoms with Gasteiger partial charge in [0.25, 0.3) is 5.91 Å². The van der Waals surface area contributed by atoms with E-state index in [0.29, 0.717) is 30.6 Å². The maximum Gasteiger partial charge on any atom is 0.416 e. The van der Waals surface area contributed by atoms with Gasteiger partial charge in [-0.15, -0.1) is 0 Å². The quantitative estimate of drug-likeness (QED) is 0.711. The summed E-state index contributed by atoms with van der Waals surface area (Å²) in [6.07, 6.45) is -3.43. The van der Waals surface area contributed by atoms with Crippen LogP contribution in [0.2, 0.25) is 0 Å². The summed E-state index contributed by atoms with van der Waals surface area (Å²) in [6, 6.07) is 8.89. The van der Waals surface area contributed by atoms with Crippen molar-refractivity contribution in [2.45, 2.75) is 19.0 Å². The van der Waals surface area contributed by atoms with E-state index >= 15 is 0 Å². The first-order chi connectivity index (χ1) is 10.9. The molecule has 0 radical (unpaired) electrons. The number of hydrogen-bond donors (Lipinski definition) is 0. The van der Waals surface area contributed by atoms with Gasteiger partial charge < -0.3 is 4.90 Å². The zero-order chi connectivity index (χ0) is 16.6. The number of nitrogens with zero attached hydrogens (tertiary/aromatic N) is 1. The van der Waals surface area contributed by atoms with Crippen LogP contribution in [0.1, 0.15) is 27.9 Å². The standard InChI is InChI=1S/C17H13F4NO/c18-14-6-2-1-5-13(14)16(23)22-9-3-4-11-10-12(17(19,20)21)7-8-15(11)22/h1-2,5-8,10H,3-4,9H2. The Morgan fingerprint density at radius 3 is 2.52 bits per heavy atom. The summed E-state index contributed by atoms with van der Waals surface area (Å²) in [5.74, 6) is -1.18. The molecule has 2 nitrogen and oxygen atoms in total. The Labute approximate surface area is 130 Å². The molecule has 0 aliphatic carbocycles. The van der Waals surface area contributed by atoms with Crippen LogP contribution in [0.4, 0.5) is 23.2 Å². The predicted octanol–water partition coefficient (Wildman–Crippen LogP) is 4.44. The van der Waals surface area contributed by atoms with Gasteiger partial charge in [0.1, 0.15) is 5.82 Å². The lowest BCUT2D eigenvalue weighted by Crippen LogP contribution is -2.36. The molecular formula is C17H13F4NO. The number of aryl methyl sites for hydroxylation is 1. The minimum Gasteiger partial charge on any atom is -0.308 e. The zero-order valence-electron chi connectivity index (χ0n) is 12.0. The van der Waals surface area contributed by atoms with Crippen molar-refractivity contribution >= 4 is 11.6 Å². The average Bonchev–Trinajstić information content (AvgIpc) is 2.53. The number of carbonyl (C=O) groups excluding carboxylic acids is 1. The predicted molar refractivity (Wildman–Crippen MR) is 77.8 cm³/mol. The molecule has 0 spiro atoms. The van der Waals surface area contributed by atoms with E-state index in [1.54, 1.807) is 6.07 Å². The van der Waals surface area contributed by atoms with Crippen molar-refractivity contribution in [1.29, 1.82) is 0 Å². The second-order valence-corrected chi connectivity index (χ2v) is 5.38. The molecule has 0 atom stereocenters. The van der Waals surface area contributed by atoms with Crippen molar-refractivity contribution in [3.8, 4) is 0 Å². The van der Waals surface area contributed by atoms with Crippen molar-refractivity contribution in [3.05, 3.63) is 65.0 Å². The molecule has 0 bridgehead atoms. The van der Waals surface area contributed by atoms with Crippen LogP contribution in [0.3, 0.4) is 0 Å². The highest BCUT2D eigenvalue weighted by Gasteiger charge is 2.33. The topological polar surface area (TPSA) is 20.3 Å². The molecule has 0 saturated heterocycles. The largest absolute Gasteiger partial charge is 0.416 e. The van der Waals surface area contributed by atoms with Gasteiger partial charge in [-0.1, -0.05) is 12.1 Å². The first-order valence-electron chi connectivity index (χ1n) is 7.14. The molecule has 1 heterocycles. The monoisotopic (exact) mass is 323 g/mol. The molecule has 0 saturated carbocycles. The highest BCUT2D eigenvalue weighted by atomic mass is 19.4. The first-order valence-corrected chi connectivity index (χ1v) is 7.14. The molecule has 1 amide bonds. The summed E-state index contributed by atoms with van der Waals surface area (Å²) < 4.78 is 52.2. The van der Waals surface area contributed by atoms with E-state index in [1.165, 1.54) is 29.2 Å². The average molecular weight is 323 g/mol. The number of anilines is 1. The van der Waals surface area contributed by atoms with Crippen molar-refractivity contribution in [2.75, 3.05) is 11.4 Å². The third kappa shape index (κ3) is 2.93. The molecule has 23 heavy (non-hydrogen) atoms. The van der Waals surface area contributed by atoms with E-state index in [0.717, 1.165) is 12.1 Å². The van der Waals surface area contributed by atoms with E-state index in [4.69, 9.17) is 0 Å². The third-order valence-corrected chi connectivity index (χ3v) is 3.87. The second-order valence-electron chi connectivity index (χ2n) is 5.38. The Morgan fingerprint density at radius 1 is 1.09 bits per heavy atom. The number of alkyl halides is 3. The van der Waals surface area contributed by atoms with Crippen molar-refractivity contribution < 1.29 is 22.4 Å². The van der Waals surface area contributed by atoms with Crippen LogP contribution in [-0.2, 0) is 12.6 Å². The van der Waals surface area contributed by atoms with Gasteiger partial charge in [-0.3, -0.25) is 4.79 Å². The first kappa shape index (κ1) is 15.5. The van der Waals surface area contributed by atoms with Gasteiger partial charge in [-0.05, 0) is 48.7 Å². The molecule has 0 N–H and O–H groups in total. The fourth-order valence-corrected chi connectivity index (χ4v) is 2.76. The number of carbonyl (C=O) groups is 1.